The van der Waals surface area contributed by atoms with Gasteiger partial charge in [-0.1, -0.05) is 44.2 Å². The van der Waals surface area contributed by atoms with E-state index in [2.05, 4.69) is 53.3 Å². The topological polar surface area (TPSA) is 45.2 Å². The lowest BCUT2D eigenvalue weighted by molar-refractivity contribution is -0.116. The summed E-state index contributed by atoms with van der Waals surface area (Å²) < 4.78 is 0. The molecule has 0 radical (unpaired) electrons. The van der Waals surface area contributed by atoms with Crippen molar-refractivity contribution < 1.29 is 4.79 Å². The van der Waals surface area contributed by atoms with Gasteiger partial charge in [0.05, 0.1) is 11.9 Å². The average molecular weight is 325 g/mol. The molecule has 1 amide bonds. The van der Waals surface area contributed by atoms with Crippen molar-refractivity contribution in [3.05, 3.63) is 54.2 Å². The van der Waals surface area contributed by atoms with Crippen LogP contribution in [0.25, 0.3) is 0 Å². The quantitative estimate of drug-likeness (QED) is 0.816. The summed E-state index contributed by atoms with van der Waals surface area (Å²) in [5.74, 6) is 1.29. The summed E-state index contributed by atoms with van der Waals surface area (Å²) in [6, 6.07) is 14.6. The van der Waals surface area contributed by atoms with Crippen LogP contribution >= 0.6 is 0 Å². The molecule has 4 heteroatoms. The fourth-order valence-corrected chi connectivity index (χ4v) is 2.52. The van der Waals surface area contributed by atoms with Crippen LogP contribution in [0, 0.1) is 5.92 Å². The molecule has 4 nitrogen and oxygen atoms in total. The largest absolute Gasteiger partial charge is 0.350 e. The number of aromatic nitrogens is 1. The van der Waals surface area contributed by atoms with E-state index in [1.165, 1.54) is 5.56 Å². The second-order valence-corrected chi connectivity index (χ2v) is 6.76. The number of amides is 1. The Morgan fingerprint density at radius 2 is 1.79 bits per heavy atom. The first-order valence-corrected chi connectivity index (χ1v) is 8.52. The zero-order valence-electron chi connectivity index (χ0n) is 15.0. The predicted molar refractivity (Wildman–Crippen MR) is 100 cm³/mol. The summed E-state index contributed by atoms with van der Waals surface area (Å²) in [7, 11) is 0. The van der Waals surface area contributed by atoms with Crippen molar-refractivity contribution in [1.29, 1.82) is 0 Å². The first kappa shape index (κ1) is 18.0. The van der Waals surface area contributed by atoms with Crippen LogP contribution in [0.2, 0.25) is 0 Å². The lowest BCUT2D eigenvalue weighted by Crippen LogP contribution is -2.30. The highest BCUT2D eigenvalue weighted by molar-refractivity contribution is 5.90. The highest BCUT2D eigenvalue weighted by atomic mass is 16.1. The highest BCUT2D eigenvalue weighted by Gasteiger charge is 2.13. The van der Waals surface area contributed by atoms with Gasteiger partial charge in [0.1, 0.15) is 5.82 Å². The molecule has 0 bridgehead atoms. The van der Waals surface area contributed by atoms with Gasteiger partial charge in [-0.05, 0) is 37.5 Å². The maximum Gasteiger partial charge on any atom is 0.224 e. The van der Waals surface area contributed by atoms with Gasteiger partial charge in [-0.3, -0.25) is 4.79 Å². The molecule has 1 N–H and O–H groups in total. The smallest absolute Gasteiger partial charge is 0.224 e. The van der Waals surface area contributed by atoms with E-state index in [0.29, 0.717) is 18.4 Å². The van der Waals surface area contributed by atoms with Crippen LogP contribution in [0.5, 0.6) is 0 Å². The van der Waals surface area contributed by atoms with Gasteiger partial charge in [0.25, 0.3) is 0 Å². The minimum absolute atomic E-state index is 0.0320. The first-order chi connectivity index (χ1) is 11.5. The third-order valence-corrected chi connectivity index (χ3v) is 3.74. The van der Waals surface area contributed by atoms with Gasteiger partial charge in [0.2, 0.25) is 5.91 Å². The summed E-state index contributed by atoms with van der Waals surface area (Å²) in [4.78, 5) is 18.6. The molecule has 128 valence electrons. The molecule has 2 rings (SSSR count). The lowest BCUT2D eigenvalue weighted by atomic mass is 10.1. The zero-order chi connectivity index (χ0) is 17.5. The molecule has 0 atom stereocenters. The molecule has 0 unspecified atom stereocenters. The van der Waals surface area contributed by atoms with E-state index in [9.17, 15) is 4.79 Å². The predicted octanol–water partition coefficient (Wildman–Crippen LogP) is 4.48. The molecule has 0 aliphatic rings. The molecule has 1 aromatic carbocycles. The summed E-state index contributed by atoms with van der Waals surface area (Å²) >= 11 is 0. The number of hydrogen-bond acceptors (Lipinski definition) is 3. The molecule has 0 saturated heterocycles. The van der Waals surface area contributed by atoms with E-state index < -0.39 is 0 Å². The van der Waals surface area contributed by atoms with E-state index in [1.807, 2.05) is 32.0 Å². The Morgan fingerprint density at radius 1 is 1.08 bits per heavy atom. The zero-order valence-corrected chi connectivity index (χ0v) is 15.0. The number of hydrogen-bond donors (Lipinski definition) is 1. The number of rotatable bonds is 7. The van der Waals surface area contributed by atoms with Crippen LogP contribution in [-0.2, 0) is 11.3 Å². The molecule has 0 spiro atoms. The fraction of sp³-hybridized carbons (Fsp3) is 0.400. The lowest BCUT2D eigenvalue weighted by Gasteiger charge is -2.28. The Kier molecular flexibility index (Phi) is 6.36. The maximum atomic E-state index is 11.8. The van der Waals surface area contributed by atoms with Crippen LogP contribution in [0.15, 0.2) is 48.7 Å². The Balaban J connectivity index is 2.07. The van der Waals surface area contributed by atoms with Gasteiger partial charge in [0.15, 0.2) is 0 Å². The Morgan fingerprint density at radius 3 is 2.33 bits per heavy atom. The van der Waals surface area contributed by atoms with Crippen molar-refractivity contribution in [2.75, 3.05) is 10.2 Å². The third-order valence-electron chi connectivity index (χ3n) is 3.74. The maximum absolute atomic E-state index is 11.8. The average Bonchev–Trinajstić information content (AvgIpc) is 2.53. The van der Waals surface area contributed by atoms with E-state index in [4.69, 9.17) is 0 Å². The number of carbonyl (C=O) groups is 1. The first-order valence-electron chi connectivity index (χ1n) is 8.52. The van der Waals surface area contributed by atoms with Crippen LogP contribution in [-0.4, -0.2) is 16.9 Å². The van der Waals surface area contributed by atoms with Crippen molar-refractivity contribution in [3.63, 3.8) is 0 Å². The Bertz CT molecular complexity index is 636. The van der Waals surface area contributed by atoms with Crippen LogP contribution in [0.1, 0.15) is 39.7 Å². The van der Waals surface area contributed by atoms with Crippen molar-refractivity contribution >= 4 is 17.4 Å². The molecular formula is C20H27N3O. The second kappa shape index (κ2) is 8.48. The van der Waals surface area contributed by atoms with Crippen molar-refractivity contribution in [3.8, 4) is 0 Å². The number of carbonyl (C=O) groups excluding carboxylic acids is 1. The Labute approximate surface area is 144 Å². The molecule has 24 heavy (non-hydrogen) atoms. The number of benzene rings is 1. The third kappa shape index (κ3) is 5.37. The van der Waals surface area contributed by atoms with Gasteiger partial charge in [-0.2, -0.15) is 0 Å². The summed E-state index contributed by atoms with van der Waals surface area (Å²) in [5.41, 5.74) is 2.00. The number of pyridine rings is 1. The van der Waals surface area contributed by atoms with E-state index >= 15 is 0 Å². The monoisotopic (exact) mass is 325 g/mol. The number of nitrogens with one attached hydrogen (secondary N) is 1. The van der Waals surface area contributed by atoms with Crippen molar-refractivity contribution in [2.24, 2.45) is 5.92 Å². The van der Waals surface area contributed by atoms with Gasteiger partial charge in [-0.25, -0.2) is 4.98 Å². The minimum Gasteiger partial charge on any atom is -0.350 e. The Hall–Kier alpha value is -2.36. The van der Waals surface area contributed by atoms with Crippen molar-refractivity contribution in [2.45, 2.75) is 46.7 Å². The van der Waals surface area contributed by atoms with Crippen LogP contribution < -0.4 is 10.2 Å². The summed E-state index contributed by atoms with van der Waals surface area (Å²) in [5, 5.41) is 2.90. The molecule has 1 aromatic heterocycles. The standard InChI is InChI=1S/C20H27N3O/c1-15(2)12-20(24)22-18-10-11-19(21-13-18)23(16(3)4)14-17-8-6-5-7-9-17/h5-11,13,15-16H,12,14H2,1-4H3,(H,22,24). The highest BCUT2D eigenvalue weighted by Crippen LogP contribution is 2.19. The van der Waals surface area contributed by atoms with Crippen molar-refractivity contribution in [1.82, 2.24) is 4.98 Å². The molecule has 0 saturated carbocycles. The molecular weight excluding hydrogens is 298 g/mol. The van der Waals surface area contributed by atoms with E-state index in [0.717, 1.165) is 18.1 Å². The SMILES string of the molecule is CC(C)CC(=O)Nc1ccc(N(Cc2ccccc2)C(C)C)nc1. The molecule has 2 aromatic rings. The van der Waals surface area contributed by atoms with Gasteiger partial charge in [-0.15, -0.1) is 0 Å². The molecule has 0 aliphatic carbocycles. The summed E-state index contributed by atoms with van der Waals surface area (Å²) in [6.45, 7) is 9.19. The minimum atomic E-state index is 0.0320. The van der Waals surface area contributed by atoms with Crippen LogP contribution in [0.3, 0.4) is 0 Å². The fourth-order valence-electron chi connectivity index (χ4n) is 2.52. The van der Waals surface area contributed by atoms with Crippen LogP contribution in [0.4, 0.5) is 11.5 Å². The number of nitrogens with zero attached hydrogens (tertiary/aromatic N) is 2. The number of anilines is 2. The van der Waals surface area contributed by atoms with Gasteiger partial charge < -0.3 is 10.2 Å². The van der Waals surface area contributed by atoms with Gasteiger partial charge >= 0.3 is 0 Å². The van der Waals surface area contributed by atoms with E-state index in [1.54, 1.807) is 6.20 Å². The normalized spacial score (nSPS) is 10.9. The second-order valence-electron chi connectivity index (χ2n) is 6.76. The van der Waals surface area contributed by atoms with E-state index in [-0.39, 0.29) is 5.91 Å². The van der Waals surface area contributed by atoms with Gasteiger partial charge in [0, 0.05) is 19.0 Å². The summed E-state index contributed by atoms with van der Waals surface area (Å²) in [6.07, 6.45) is 2.25. The molecule has 1 heterocycles. The molecule has 0 aliphatic heterocycles. The molecule has 0 fully saturated rings.